The SMILES string of the molecule is CCC1(C(=O)NC(C)C)CCN(c2ccc(-c3cc(-c4cnc(N5CCNCC5)nc4)cn4ncc(C#N)c34)cn2)CC1. The van der Waals surface area contributed by atoms with Gasteiger partial charge in [-0.1, -0.05) is 6.92 Å². The molecule has 0 bridgehead atoms. The number of piperidine rings is 1. The molecule has 6 rings (SSSR count). The molecule has 2 fully saturated rings. The highest BCUT2D eigenvalue weighted by molar-refractivity contribution is 5.87. The van der Waals surface area contributed by atoms with E-state index in [9.17, 15) is 10.1 Å². The van der Waals surface area contributed by atoms with Crippen molar-refractivity contribution in [2.75, 3.05) is 49.1 Å². The summed E-state index contributed by atoms with van der Waals surface area (Å²) in [6.45, 7) is 11.3. The van der Waals surface area contributed by atoms with E-state index < -0.39 is 0 Å². The fourth-order valence-corrected chi connectivity index (χ4v) is 6.13. The van der Waals surface area contributed by atoms with Crippen molar-refractivity contribution >= 4 is 23.2 Å². The number of hydrogen-bond donors (Lipinski definition) is 2. The molecule has 2 N–H and O–H groups in total. The van der Waals surface area contributed by atoms with E-state index in [0.29, 0.717) is 5.56 Å². The first kappa shape index (κ1) is 28.6. The quantitative estimate of drug-likeness (QED) is 0.338. The Hall–Kier alpha value is -4.56. The fraction of sp³-hybridized carbons (Fsp3) is 0.438. The number of anilines is 2. The van der Waals surface area contributed by atoms with E-state index in [0.717, 1.165) is 98.1 Å². The normalized spacial score (nSPS) is 16.8. The number of nitrogens with zero attached hydrogens (tertiary/aromatic N) is 8. The number of rotatable bonds is 7. The minimum Gasteiger partial charge on any atom is -0.357 e. The second-order valence-electron chi connectivity index (χ2n) is 11.8. The van der Waals surface area contributed by atoms with Gasteiger partial charge in [-0.25, -0.2) is 19.5 Å². The van der Waals surface area contributed by atoms with Gasteiger partial charge in [0.05, 0.1) is 22.7 Å². The Morgan fingerprint density at radius 2 is 1.72 bits per heavy atom. The average molecular weight is 579 g/mol. The number of piperazine rings is 1. The zero-order valence-electron chi connectivity index (χ0n) is 25.0. The van der Waals surface area contributed by atoms with Crippen LogP contribution in [-0.2, 0) is 4.79 Å². The minimum atomic E-state index is -0.324. The van der Waals surface area contributed by atoms with Gasteiger partial charge < -0.3 is 20.4 Å². The van der Waals surface area contributed by atoms with Gasteiger partial charge in [0, 0.05) is 92.4 Å². The third-order valence-electron chi connectivity index (χ3n) is 8.79. The van der Waals surface area contributed by atoms with E-state index in [1.165, 1.54) is 0 Å². The van der Waals surface area contributed by atoms with Crippen LogP contribution in [-0.4, -0.2) is 75.8 Å². The van der Waals surface area contributed by atoms with E-state index in [2.05, 4.69) is 54.6 Å². The van der Waals surface area contributed by atoms with E-state index in [1.807, 2.05) is 50.8 Å². The highest BCUT2D eigenvalue weighted by atomic mass is 16.2. The number of nitriles is 1. The van der Waals surface area contributed by atoms with Crippen molar-refractivity contribution in [2.45, 2.75) is 46.1 Å². The lowest BCUT2D eigenvalue weighted by atomic mass is 9.75. The summed E-state index contributed by atoms with van der Waals surface area (Å²) < 4.78 is 1.75. The highest BCUT2D eigenvalue weighted by Gasteiger charge is 2.40. The van der Waals surface area contributed by atoms with Crippen LogP contribution in [0, 0.1) is 16.7 Å². The molecule has 0 atom stereocenters. The van der Waals surface area contributed by atoms with Crippen LogP contribution >= 0.6 is 0 Å². The minimum absolute atomic E-state index is 0.134. The molecular weight excluding hydrogens is 540 g/mol. The van der Waals surface area contributed by atoms with Gasteiger partial charge in [-0.3, -0.25) is 4.79 Å². The Kier molecular flexibility index (Phi) is 7.95. The summed E-state index contributed by atoms with van der Waals surface area (Å²) in [5, 5.41) is 20.8. The molecule has 2 aliphatic heterocycles. The summed E-state index contributed by atoms with van der Waals surface area (Å²) in [5.74, 6) is 1.78. The molecule has 222 valence electrons. The van der Waals surface area contributed by atoms with Gasteiger partial charge in [-0.2, -0.15) is 10.4 Å². The van der Waals surface area contributed by atoms with E-state index >= 15 is 0 Å². The molecule has 11 heteroatoms. The predicted molar refractivity (Wildman–Crippen MR) is 167 cm³/mol. The smallest absolute Gasteiger partial charge is 0.226 e. The summed E-state index contributed by atoms with van der Waals surface area (Å²) in [6, 6.07) is 8.55. The van der Waals surface area contributed by atoms with Crippen molar-refractivity contribution in [3.63, 3.8) is 0 Å². The molecule has 0 spiro atoms. The van der Waals surface area contributed by atoms with Gasteiger partial charge in [0.25, 0.3) is 0 Å². The van der Waals surface area contributed by atoms with Gasteiger partial charge in [0.15, 0.2) is 0 Å². The van der Waals surface area contributed by atoms with Crippen molar-refractivity contribution in [2.24, 2.45) is 5.41 Å². The summed E-state index contributed by atoms with van der Waals surface area (Å²) in [5.41, 5.74) is 4.44. The predicted octanol–water partition coefficient (Wildman–Crippen LogP) is 3.66. The van der Waals surface area contributed by atoms with Crippen molar-refractivity contribution in [1.29, 1.82) is 5.26 Å². The molecule has 0 aliphatic carbocycles. The van der Waals surface area contributed by atoms with Gasteiger partial charge in [0.2, 0.25) is 11.9 Å². The summed E-state index contributed by atoms with van der Waals surface area (Å²) >= 11 is 0. The first-order chi connectivity index (χ1) is 20.9. The lowest BCUT2D eigenvalue weighted by molar-refractivity contribution is -0.133. The number of carbonyl (C=O) groups excluding carboxylic acids is 1. The van der Waals surface area contributed by atoms with Crippen LogP contribution in [0.3, 0.4) is 0 Å². The van der Waals surface area contributed by atoms with Gasteiger partial charge in [-0.05, 0) is 51.3 Å². The summed E-state index contributed by atoms with van der Waals surface area (Å²) in [6.07, 6.45) is 11.5. The van der Waals surface area contributed by atoms with Crippen molar-refractivity contribution in [3.05, 3.63) is 54.7 Å². The Morgan fingerprint density at radius 3 is 2.35 bits per heavy atom. The van der Waals surface area contributed by atoms with Crippen LogP contribution in [0.2, 0.25) is 0 Å². The van der Waals surface area contributed by atoms with E-state index in [4.69, 9.17) is 4.98 Å². The topological polar surface area (TPSA) is 127 Å². The zero-order chi connectivity index (χ0) is 30.0. The molecular formula is C32H38N10O. The van der Waals surface area contributed by atoms with E-state index in [1.54, 1.807) is 10.7 Å². The molecule has 4 aromatic heterocycles. The summed E-state index contributed by atoms with van der Waals surface area (Å²) in [4.78, 5) is 31.5. The molecule has 2 aliphatic rings. The summed E-state index contributed by atoms with van der Waals surface area (Å²) in [7, 11) is 0. The van der Waals surface area contributed by atoms with E-state index in [-0.39, 0.29) is 17.4 Å². The average Bonchev–Trinajstić information content (AvgIpc) is 3.48. The Morgan fingerprint density at radius 1 is 1.00 bits per heavy atom. The third kappa shape index (κ3) is 5.62. The molecule has 0 radical (unpaired) electrons. The number of aromatic nitrogens is 5. The maximum atomic E-state index is 13.0. The van der Waals surface area contributed by atoms with Crippen molar-refractivity contribution in [3.8, 4) is 28.3 Å². The Labute approximate surface area is 252 Å². The molecule has 1 amide bonds. The number of nitrogens with one attached hydrogen (secondary N) is 2. The molecule has 4 aromatic rings. The molecule has 0 aromatic carbocycles. The lowest BCUT2D eigenvalue weighted by Gasteiger charge is -2.41. The largest absolute Gasteiger partial charge is 0.357 e. The van der Waals surface area contributed by atoms with Gasteiger partial charge >= 0.3 is 0 Å². The van der Waals surface area contributed by atoms with Crippen LogP contribution in [0.4, 0.5) is 11.8 Å². The number of carbonyl (C=O) groups is 1. The molecule has 6 heterocycles. The molecule has 11 nitrogen and oxygen atoms in total. The number of fused-ring (bicyclic) bond motifs is 1. The number of pyridine rings is 2. The maximum absolute atomic E-state index is 13.0. The fourth-order valence-electron chi connectivity index (χ4n) is 6.13. The Bertz CT molecular complexity index is 1620. The van der Waals surface area contributed by atoms with Crippen LogP contribution in [0.25, 0.3) is 27.8 Å². The molecule has 43 heavy (non-hydrogen) atoms. The Balaban J connectivity index is 1.26. The number of amides is 1. The maximum Gasteiger partial charge on any atom is 0.226 e. The van der Waals surface area contributed by atoms with Crippen LogP contribution in [0.5, 0.6) is 0 Å². The zero-order valence-corrected chi connectivity index (χ0v) is 25.0. The second-order valence-corrected chi connectivity index (χ2v) is 11.8. The first-order valence-corrected chi connectivity index (χ1v) is 15.1. The van der Waals surface area contributed by atoms with Crippen LogP contribution < -0.4 is 20.4 Å². The lowest BCUT2D eigenvalue weighted by Crippen LogP contribution is -2.50. The van der Waals surface area contributed by atoms with Gasteiger partial charge in [0.1, 0.15) is 11.9 Å². The molecule has 0 unspecified atom stereocenters. The first-order valence-electron chi connectivity index (χ1n) is 15.1. The molecule has 2 saturated heterocycles. The second kappa shape index (κ2) is 12.0. The standard InChI is InChI=1S/C32H38N10O/c1-4-32(30(43)39-22(2)3)7-11-40(12-8-32)28-6-5-23(17-35-28)27-15-24(21-42-29(27)25(16-33)20-38-42)26-18-36-31(37-19-26)41-13-9-34-10-14-41/h5-6,15,17-22,34H,4,7-14H2,1-3H3,(H,39,43). The van der Waals surface area contributed by atoms with Crippen LogP contribution in [0.15, 0.2) is 49.2 Å². The van der Waals surface area contributed by atoms with Gasteiger partial charge in [-0.15, -0.1) is 0 Å². The number of hydrogen-bond acceptors (Lipinski definition) is 9. The monoisotopic (exact) mass is 578 g/mol. The highest BCUT2D eigenvalue weighted by Crippen LogP contribution is 2.37. The third-order valence-corrected chi connectivity index (χ3v) is 8.79. The van der Waals surface area contributed by atoms with Crippen LogP contribution in [0.1, 0.15) is 45.6 Å². The van der Waals surface area contributed by atoms with Crippen molar-refractivity contribution in [1.82, 2.24) is 35.2 Å². The molecule has 0 saturated carbocycles. The van der Waals surface area contributed by atoms with Crippen molar-refractivity contribution < 1.29 is 4.79 Å².